The molecule has 3 aromatic rings. The van der Waals surface area contributed by atoms with Crippen LogP contribution in [-0.2, 0) is 21.2 Å². The summed E-state index contributed by atoms with van der Waals surface area (Å²) in [6.07, 6.45) is 0.182. The molecule has 6 nitrogen and oxygen atoms in total. The number of carbonyl (C=O) groups is 1. The molecular weight excluding hydrogens is 412 g/mol. The van der Waals surface area contributed by atoms with Crippen LogP contribution in [0.15, 0.2) is 77.7 Å². The maximum Gasteiger partial charge on any atom is 0.264 e. The van der Waals surface area contributed by atoms with Crippen LogP contribution in [0.3, 0.4) is 0 Å². The lowest BCUT2D eigenvalue weighted by Crippen LogP contribution is -2.26. The Morgan fingerprint density at radius 2 is 1.55 bits per heavy atom. The number of hydrogen-bond donors (Lipinski definition) is 1. The van der Waals surface area contributed by atoms with Crippen molar-refractivity contribution in [2.24, 2.45) is 0 Å². The van der Waals surface area contributed by atoms with Gasteiger partial charge in [-0.05, 0) is 67.9 Å². The molecule has 0 saturated carbocycles. The van der Waals surface area contributed by atoms with Gasteiger partial charge in [-0.2, -0.15) is 0 Å². The maximum atomic E-state index is 12.8. The summed E-state index contributed by atoms with van der Waals surface area (Å²) in [5.74, 6) is 0.596. The van der Waals surface area contributed by atoms with Gasteiger partial charge in [0, 0.05) is 12.7 Å². The minimum atomic E-state index is -3.65. The molecule has 0 fully saturated rings. The molecule has 0 heterocycles. The standard InChI is InChI=1S/C24H26N2O4S/c1-4-30-22-13-9-20(10-14-22)25-24(27)17-19-7-11-21(12-8-19)26(3)31(28,29)23-15-5-18(2)6-16-23/h5-16H,4,17H2,1-3H3,(H,25,27). The average molecular weight is 439 g/mol. The monoisotopic (exact) mass is 438 g/mol. The number of benzene rings is 3. The number of nitrogens with zero attached hydrogens (tertiary/aromatic N) is 1. The fraction of sp³-hybridized carbons (Fsp3) is 0.208. The number of ether oxygens (including phenoxy) is 1. The zero-order valence-corrected chi connectivity index (χ0v) is 18.6. The van der Waals surface area contributed by atoms with Gasteiger partial charge in [0.05, 0.1) is 23.6 Å². The number of amides is 1. The molecule has 0 spiro atoms. The molecule has 0 unspecified atom stereocenters. The van der Waals surface area contributed by atoms with Crippen LogP contribution in [0.25, 0.3) is 0 Å². The maximum absolute atomic E-state index is 12.8. The Bertz CT molecular complexity index is 1120. The van der Waals surface area contributed by atoms with Crippen LogP contribution in [0, 0.1) is 6.92 Å². The van der Waals surface area contributed by atoms with Crippen LogP contribution in [0.2, 0.25) is 0 Å². The topological polar surface area (TPSA) is 75.7 Å². The van der Waals surface area contributed by atoms with Crippen LogP contribution in [-0.4, -0.2) is 28.0 Å². The van der Waals surface area contributed by atoms with E-state index in [0.717, 1.165) is 16.9 Å². The van der Waals surface area contributed by atoms with E-state index in [1.165, 1.54) is 11.4 Å². The van der Waals surface area contributed by atoms with E-state index >= 15 is 0 Å². The lowest BCUT2D eigenvalue weighted by Gasteiger charge is -2.20. The first-order valence-corrected chi connectivity index (χ1v) is 11.4. The summed E-state index contributed by atoms with van der Waals surface area (Å²) in [5.41, 5.74) is 2.99. The summed E-state index contributed by atoms with van der Waals surface area (Å²) in [5, 5.41) is 2.85. The summed E-state index contributed by atoms with van der Waals surface area (Å²) < 4.78 is 32.3. The van der Waals surface area contributed by atoms with E-state index in [4.69, 9.17) is 4.74 Å². The van der Waals surface area contributed by atoms with Crippen LogP contribution >= 0.6 is 0 Å². The molecule has 3 aromatic carbocycles. The molecule has 0 bridgehead atoms. The van der Waals surface area contributed by atoms with Crippen molar-refractivity contribution < 1.29 is 17.9 Å². The fourth-order valence-corrected chi connectivity index (χ4v) is 4.22. The molecule has 0 aliphatic carbocycles. The van der Waals surface area contributed by atoms with Crippen LogP contribution in [0.4, 0.5) is 11.4 Å². The highest BCUT2D eigenvalue weighted by Gasteiger charge is 2.21. The molecule has 0 aliphatic heterocycles. The fourth-order valence-electron chi connectivity index (χ4n) is 3.02. The van der Waals surface area contributed by atoms with Gasteiger partial charge in [0.25, 0.3) is 10.0 Å². The Morgan fingerprint density at radius 1 is 0.935 bits per heavy atom. The van der Waals surface area contributed by atoms with Gasteiger partial charge in [-0.25, -0.2) is 8.42 Å². The summed E-state index contributed by atoms with van der Waals surface area (Å²) >= 11 is 0. The van der Waals surface area contributed by atoms with E-state index < -0.39 is 10.0 Å². The van der Waals surface area contributed by atoms with E-state index in [1.54, 1.807) is 72.8 Å². The highest BCUT2D eigenvalue weighted by molar-refractivity contribution is 7.92. The number of nitrogens with one attached hydrogen (secondary N) is 1. The summed E-state index contributed by atoms with van der Waals surface area (Å²) in [6, 6.07) is 20.8. The van der Waals surface area contributed by atoms with Crippen molar-refractivity contribution in [3.63, 3.8) is 0 Å². The normalized spacial score (nSPS) is 11.1. The van der Waals surface area contributed by atoms with Crippen LogP contribution in [0.5, 0.6) is 5.75 Å². The molecule has 0 radical (unpaired) electrons. The lowest BCUT2D eigenvalue weighted by molar-refractivity contribution is -0.115. The number of sulfonamides is 1. The molecule has 3 rings (SSSR count). The van der Waals surface area contributed by atoms with Crippen molar-refractivity contribution in [2.45, 2.75) is 25.2 Å². The lowest BCUT2D eigenvalue weighted by atomic mass is 10.1. The summed E-state index contributed by atoms with van der Waals surface area (Å²) in [6.45, 7) is 4.41. The predicted molar refractivity (Wildman–Crippen MR) is 123 cm³/mol. The van der Waals surface area contributed by atoms with Crippen LogP contribution in [0.1, 0.15) is 18.1 Å². The number of carbonyl (C=O) groups excluding carboxylic acids is 1. The van der Waals surface area contributed by atoms with Crippen molar-refractivity contribution >= 4 is 27.3 Å². The minimum absolute atomic E-state index is 0.155. The van der Waals surface area contributed by atoms with Crippen molar-refractivity contribution in [2.75, 3.05) is 23.3 Å². The third-order valence-electron chi connectivity index (χ3n) is 4.79. The zero-order chi connectivity index (χ0) is 22.4. The second kappa shape index (κ2) is 9.66. The van der Waals surface area contributed by atoms with Crippen LogP contribution < -0.4 is 14.4 Å². The van der Waals surface area contributed by atoms with E-state index in [-0.39, 0.29) is 17.2 Å². The Labute approximate surface area is 183 Å². The second-order valence-electron chi connectivity index (χ2n) is 7.13. The molecule has 31 heavy (non-hydrogen) atoms. The van der Waals surface area contributed by atoms with Crippen molar-refractivity contribution in [1.29, 1.82) is 0 Å². The van der Waals surface area contributed by atoms with Gasteiger partial charge < -0.3 is 10.1 Å². The number of anilines is 2. The van der Waals surface area contributed by atoms with Gasteiger partial charge in [-0.15, -0.1) is 0 Å². The summed E-state index contributed by atoms with van der Waals surface area (Å²) in [7, 11) is -2.13. The number of hydrogen-bond acceptors (Lipinski definition) is 4. The van der Waals surface area contributed by atoms with Crippen molar-refractivity contribution in [1.82, 2.24) is 0 Å². The molecule has 162 valence electrons. The SMILES string of the molecule is CCOc1ccc(NC(=O)Cc2ccc(N(C)S(=O)(=O)c3ccc(C)cc3)cc2)cc1. The van der Waals surface area contributed by atoms with Gasteiger partial charge in [-0.3, -0.25) is 9.10 Å². The van der Waals surface area contributed by atoms with Gasteiger partial charge in [0.1, 0.15) is 5.75 Å². The van der Waals surface area contributed by atoms with Gasteiger partial charge in [0.15, 0.2) is 0 Å². The second-order valence-corrected chi connectivity index (χ2v) is 9.10. The van der Waals surface area contributed by atoms with E-state index in [1.807, 2.05) is 13.8 Å². The molecule has 7 heteroatoms. The quantitative estimate of drug-likeness (QED) is 0.566. The third kappa shape index (κ3) is 5.64. The molecule has 0 aromatic heterocycles. The molecule has 0 saturated heterocycles. The first kappa shape index (κ1) is 22.4. The number of aryl methyl sites for hydroxylation is 1. The first-order chi connectivity index (χ1) is 14.8. The van der Waals surface area contributed by atoms with Crippen molar-refractivity contribution in [3.8, 4) is 5.75 Å². The van der Waals surface area contributed by atoms with Gasteiger partial charge >= 0.3 is 0 Å². The Kier molecular flexibility index (Phi) is 6.97. The Balaban J connectivity index is 1.64. The molecule has 1 amide bonds. The first-order valence-electron chi connectivity index (χ1n) is 9.97. The average Bonchev–Trinajstić information content (AvgIpc) is 2.75. The number of rotatable bonds is 8. The Hall–Kier alpha value is -3.32. The minimum Gasteiger partial charge on any atom is -0.494 e. The zero-order valence-electron chi connectivity index (χ0n) is 17.8. The molecule has 1 N–H and O–H groups in total. The molecular formula is C24H26N2O4S. The molecule has 0 atom stereocenters. The van der Waals surface area contributed by atoms with E-state index in [9.17, 15) is 13.2 Å². The summed E-state index contributed by atoms with van der Waals surface area (Å²) in [4.78, 5) is 12.6. The third-order valence-corrected chi connectivity index (χ3v) is 6.59. The molecule has 0 aliphatic rings. The smallest absolute Gasteiger partial charge is 0.264 e. The Morgan fingerprint density at radius 3 is 2.13 bits per heavy atom. The highest BCUT2D eigenvalue weighted by Crippen LogP contribution is 2.23. The van der Waals surface area contributed by atoms with Crippen molar-refractivity contribution in [3.05, 3.63) is 83.9 Å². The predicted octanol–water partition coefficient (Wildman–Crippen LogP) is 4.40. The van der Waals surface area contributed by atoms with Gasteiger partial charge in [0.2, 0.25) is 5.91 Å². The van der Waals surface area contributed by atoms with E-state index in [0.29, 0.717) is 18.0 Å². The highest BCUT2D eigenvalue weighted by atomic mass is 32.2. The van der Waals surface area contributed by atoms with E-state index in [2.05, 4.69) is 5.32 Å². The largest absolute Gasteiger partial charge is 0.494 e. The van der Waals surface area contributed by atoms with Gasteiger partial charge in [-0.1, -0.05) is 29.8 Å².